The summed E-state index contributed by atoms with van der Waals surface area (Å²) in [5, 5.41) is 1.21. The molecule has 2 heterocycles. The number of Topliss-reactive ketones (excluding diaryl/α,β-unsaturated/α-hetero) is 1. The van der Waals surface area contributed by atoms with E-state index >= 15 is 0 Å². The number of amides is 1. The number of sulfone groups is 1. The molecule has 1 aromatic carbocycles. The van der Waals surface area contributed by atoms with Gasteiger partial charge in [0.25, 0.3) is 0 Å². The summed E-state index contributed by atoms with van der Waals surface area (Å²) >= 11 is 0. The summed E-state index contributed by atoms with van der Waals surface area (Å²) in [6.07, 6.45) is 3.04. The van der Waals surface area contributed by atoms with E-state index in [0.29, 0.717) is 25.9 Å². The Morgan fingerprint density at radius 2 is 1.80 bits per heavy atom. The van der Waals surface area contributed by atoms with E-state index in [1.54, 1.807) is 17.9 Å². The Kier molecular flexibility index (Phi) is 4.82. The maximum Gasteiger partial charge on any atom is 0.223 e. The molecule has 3 rings (SSSR count). The lowest BCUT2D eigenvalue weighted by molar-refractivity contribution is -0.136. The van der Waals surface area contributed by atoms with Crippen LogP contribution in [0, 0.1) is 5.92 Å². The van der Waals surface area contributed by atoms with E-state index in [2.05, 4.69) is 0 Å². The average molecular weight is 361 g/mol. The van der Waals surface area contributed by atoms with Gasteiger partial charge in [0.1, 0.15) is 5.78 Å². The normalized spacial score (nSPS) is 24.2. The van der Waals surface area contributed by atoms with Gasteiger partial charge in [-0.2, -0.15) is 0 Å². The molecule has 0 aromatic heterocycles. The summed E-state index contributed by atoms with van der Waals surface area (Å²) < 4.78 is 22.9. The van der Waals surface area contributed by atoms with Gasteiger partial charge >= 0.3 is 0 Å². The van der Waals surface area contributed by atoms with E-state index < -0.39 is 15.3 Å². The highest BCUT2D eigenvalue weighted by atomic mass is 32.2. The van der Waals surface area contributed by atoms with Gasteiger partial charge in [0, 0.05) is 30.8 Å². The minimum atomic E-state index is -3.13. The molecular formula is C19H23NO4S. The second kappa shape index (κ2) is 6.75. The topological polar surface area (TPSA) is 71.5 Å². The van der Waals surface area contributed by atoms with Gasteiger partial charge in [0.05, 0.1) is 11.2 Å². The number of likely N-dealkylation sites (tertiary alicyclic amines) is 1. The Balaban J connectivity index is 1.65. The first kappa shape index (κ1) is 17.9. The van der Waals surface area contributed by atoms with Crippen LogP contribution in [0.5, 0.6) is 0 Å². The molecule has 0 bridgehead atoms. The third-order valence-corrected chi connectivity index (χ3v) is 6.88. The Hall–Kier alpha value is -1.95. The number of rotatable bonds is 4. The molecule has 1 unspecified atom stereocenters. The van der Waals surface area contributed by atoms with Crippen LogP contribution in [-0.4, -0.2) is 43.9 Å². The first-order valence-corrected chi connectivity index (χ1v) is 10.3. The Bertz CT molecular complexity index is 790. The van der Waals surface area contributed by atoms with Crippen LogP contribution >= 0.6 is 0 Å². The molecule has 6 heteroatoms. The first-order valence-electron chi connectivity index (χ1n) is 8.58. The first-order chi connectivity index (χ1) is 11.8. The van der Waals surface area contributed by atoms with Crippen molar-refractivity contribution in [1.82, 2.24) is 4.90 Å². The number of hydrogen-bond acceptors (Lipinski definition) is 4. The second-order valence-corrected chi connectivity index (χ2v) is 8.94. The van der Waals surface area contributed by atoms with Gasteiger partial charge in [-0.05, 0) is 25.3 Å². The fourth-order valence-corrected chi connectivity index (χ4v) is 5.26. The van der Waals surface area contributed by atoms with Gasteiger partial charge in [-0.1, -0.05) is 36.4 Å². The third kappa shape index (κ3) is 3.68. The number of piperidine rings is 1. The summed E-state index contributed by atoms with van der Waals surface area (Å²) in [5.74, 6) is -0.104. The number of hydrogen-bond donors (Lipinski definition) is 0. The molecule has 1 amide bonds. The molecule has 0 aliphatic carbocycles. The van der Waals surface area contributed by atoms with Crippen molar-refractivity contribution in [2.75, 3.05) is 18.8 Å². The second-order valence-electron chi connectivity index (χ2n) is 7.01. The molecule has 2 aliphatic heterocycles. The fourth-order valence-electron chi connectivity index (χ4n) is 3.86. The van der Waals surface area contributed by atoms with Crippen LogP contribution in [0.1, 0.15) is 31.7 Å². The molecule has 2 aliphatic rings. The molecular weight excluding hydrogens is 338 g/mol. The monoisotopic (exact) mass is 361 g/mol. The van der Waals surface area contributed by atoms with Crippen LogP contribution in [-0.2, 0) is 24.8 Å². The van der Waals surface area contributed by atoms with Crippen molar-refractivity contribution in [2.45, 2.75) is 31.6 Å². The number of allylic oxidation sites excluding steroid dienone is 1. The molecule has 0 saturated carbocycles. The molecule has 134 valence electrons. The molecule has 5 nitrogen and oxygen atoms in total. The fraction of sp³-hybridized carbons (Fsp3) is 0.474. The molecule has 0 radical (unpaired) electrons. The summed E-state index contributed by atoms with van der Waals surface area (Å²) in [7, 11) is -3.13. The largest absolute Gasteiger partial charge is 0.343 e. The minimum Gasteiger partial charge on any atom is -0.343 e. The van der Waals surface area contributed by atoms with Crippen molar-refractivity contribution in [3.05, 3.63) is 47.4 Å². The van der Waals surface area contributed by atoms with Gasteiger partial charge in [0.15, 0.2) is 9.84 Å². The predicted molar refractivity (Wildman–Crippen MR) is 95.6 cm³/mol. The van der Waals surface area contributed by atoms with Crippen molar-refractivity contribution in [2.24, 2.45) is 5.92 Å². The number of carbonyl (C=O) groups excluding carboxylic acids is 2. The van der Waals surface area contributed by atoms with Gasteiger partial charge in [-0.25, -0.2) is 8.42 Å². The maximum atomic E-state index is 12.5. The molecule has 0 N–H and O–H groups in total. The van der Waals surface area contributed by atoms with Gasteiger partial charge in [-0.3, -0.25) is 9.59 Å². The van der Waals surface area contributed by atoms with Crippen molar-refractivity contribution < 1.29 is 18.0 Å². The van der Waals surface area contributed by atoms with E-state index in [0.717, 1.165) is 5.56 Å². The third-order valence-electron chi connectivity index (χ3n) is 5.41. The van der Waals surface area contributed by atoms with Crippen LogP contribution in [0.4, 0.5) is 0 Å². The van der Waals surface area contributed by atoms with E-state index in [4.69, 9.17) is 0 Å². The van der Waals surface area contributed by atoms with Gasteiger partial charge in [-0.15, -0.1) is 0 Å². The Labute approximate surface area is 148 Å². The average Bonchev–Trinajstić information content (AvgIpc) is 2.94. The van der Waals surface area contributed by atoms with E-state index in [1.165, 1.54) is 5.41 Å². The Morgan fingerprint density at radius 1 is 1.16 bits per heavy atom. The molecule has 1 aromatic rings. The van der Waals surface area contributed by atoms with Crippen LogP contribution in [0.3, 0.4) is 0 Å². The molecule has 1 atom stereocenters. The van der Waals surface area contributed by atoms with E-state index in [1.807, 2.05) is 30.3 Å². The van der Waals surface area contributed by atoms with Gasteiger partial charge in [0.2, 0.25) is 5.91 Å². The van der Waals surface area contributed by atoms with Crippen molar-refractivity contribution in [1.29, 1.82) is 0 Å². The number of benzene rings is 1. The number of carbonyl (C=O) groups is 2. The molecule has 1 fully saturated rings. The Morgan fingerprint density at radius 3 is 2.32 bits per heavy atom. The zero-order valence-corrected chi connectivity index (χ0v) is 15.2. The number of nitrogens with zero attached hydrogens (tertiary/aromatic N) is 1. The van der Waals surface area contributed by atoms with Crippen molar-refractivity contribution in [3.63, 3.8) is 0 Å². The summed E-state index contributed by atoms with van der Waals surface area (Å²) in [5.41, 5.74) is 0.494. The lowest BCUT2D eigenvalue weighted by Crippen LogP contribution is -2.48. The minimum absolute atomic E-state index is 0.0218. The summed E-state index contributed by atoms with van der Waals surface area (Å²) in [6, 6.07) is 9.76. The van der Waals surface area contributed by atoms with Gasteiger partial charge < -0.3 is 4.90 Å². The van der Waals surface area contributed by atoms with Crippen LogP contribution in [0.2, 0.25) is 0 Å². The zero-order chi connectivity index (χ0) is 18.1. The molecule has 0 spiro atoms. The lowest BCUT2D eigenvalue weighted by Gasteiger charge is -2.40. The van der Waals surface area contributed by atoms with Crippen LogP contribution in [0.25, 0.3) is 0 Å². The molecule has 1 saturated heterocycles. The van der Waals surface area contributed by atoms with E-state index in [-0.39, 0.29) is 29.8 Å². The van der Waals surface area contributed by atoms with Crippen LogP contribution in [0.15, 0.2) is 41.8 Å². The van der Waals surface area contributed by atoms with Crippen molar-refractivity contribution >= 4 is 21.5 Å². The predicted octanol–water partition coefficient (Wildman–Crippen LogP) is 2.08. The zero-order valence-electron chi connectivity index (χ0n) is 14.3. The SMILES string of the molecule is CC(=O)C1(c2ccccc2)CCN(C(=O)CC2C=CS(=O)(=O)C2)CC1. The summed E-state index contributed by atoms with van der Waals surface area (Å²) in [6.45, 7) is 2.67. The van der Waals surface area contributed by atoms with Crippen molar-refractivity contribution in [3.8, 4) is 0 Å². The number of ketones is 1. The quantitative estimate of drug-likeness (QED) is 0.823. The van der Waals surface area contributed by atoms with Crippen LogP contribution < -0.4 is 0 Å². The molecule has 25 heavy (non-hydrogen) atoms. The smallest absolute Gasteiger partial charge is 0.223 e. The highest BCUT2D eigenvalue weighted by Gasteiger charge is 2.41. The van der Waals surface area contributed by atoms with E-state index in [9.17, 15) is 18.0 Å². The standard InChI is InChI=1S/C19H23NO4S/c1-15(21)19(17-5-3-2-4-6-17)8-10-20(11-9-19)18(22)13-16-7-12-25(23,24)14-16/h2-7,12,16H,8-11,13-14H2,1H3. The lowest BCUT2D eigenvalue weighted by atomic mass is 9.70. The highest BCUT2D eigenvalue weighted by Crippen LogP contribution is 2.36. The summed E-state index contributed by atoms with van der Waals surface area (Å²) in [4.78, 5) is 26.6. The maximum absolute atomic E-state index is 12.5. The highest BCUT2D eigenvalue weighted by molar-refractivity contribution is 7.94.